The molecule has 2 N–H and O–H groups in total. The van der Waals surface area contributed by atoms with Gasteiger partial charge in [0.15, 0.2) is 0 Å². The molecule has 0 saturated carbocycles. The Balaban J connectivity index is 2.24. The number of aliphatic carboxylic acids is 1. The highest BCUT2D eigenvalue weighted by Crippen LogP contribution is 2.20. The zero-order valence-electron chi connectivity index (χ0n) is 9.81. The average Bonchev–Trinajstić information content (AvgIpc) is 2.68. The van der Waals surface area contributed by atoms with E-state index in [1.165, 1.54) is 10.9 Å². The summed E-state index contributed by atoms with van der Waals surface area (Å²) >= 11 is 0. The molecular weight excluding hydrogens is 216 g/mol. The van der Waals surface area contributed by atoms with E-state index in [4.69, 9.17) is 5.11 Å². The first kappa shape index (κ1) is 11.7. The van der Waals surface area contributed by atoms with E-state index in [0.29, 0.717) is 6.54 Å². The molecule has 2 rings (SSSR count). The van der Waals surface area contributed by atoms with Gasteiger partial charge in [-0.25, -0.2) is 0 Å². The normalized spacial score (nSPS) is 10.9. The number of hydrogen-bond acceptors (Lipinski definition) is 2. The van der Waals surface area contributed by atoms with Crippen LogP contribution < -0.4 is 5.32 Å². The van der Waals surface area contributed by atoms with Gasteiger partial charge in [0.05, 0.1) is 6.54 Å². The molecule has 0 amide bonds. The van der Waals surface area contributed by atoms with E-state index in [0.717, 1.165) is 12.1 Å². The lowest BCUT2D eigenvalue weighted by Crippen LogP contribution is -2.21. The third-order valence-electron chi connectivity index (χ3n) is 2.80. The largest absolute Gasteiger partial charge is 0.480 e. The van der Waals surface area contributed by atoms with Gasteiger partial charge in [0.1, 0.15) is 0 Å². The summed E-state index contributed by atoms with van der Waals surface area (Å²) in [6.07, 6.45) is 2.08. The predicted molar refractivity (Wildman–Crippen MR) is 67.0 cm³/mol. The van der Waals surface area contributed by atoms with Crippen LogP contribution in [0.2, 0.25) is 0 Å². The fraction of sp³-hybridized carbons (Fsp3) is 0.308. The summed E-state index contributed by atoms with van der Waals surface area (Å²) in [5.74, 6) is -0.829. The van der Waals surface area contributed by atoms with Crippen LogP contribution in [0.15, 0.2) is 30.5 Å². The van der Waals surface area contributed by atoms with Crippen molar-refractivity contribution in [1.82, 2.24) is 9.88 Å². The van der Waals surface area contributed by atoms with Gasteiger partial charge in [-0.3, -0.25) is 4.79 Å². The molecule has 4 nitrogen and oxygen atoms in total. The number of carboxylic acid groups (broad SMARTS) is 1. The number of carbonyl (C=O) groups is 1. The summed E-state index contributed by atoms with van der Waals surface area (Å²) in [6, 6.07) is 8.17. The van der Waals surface area contributed by atoms with Gasteiger partial charge in [-0.1, -0.05) is 18.2 Å². The summed E-state index contributed by atoms with van der Waals surface area (Å²) in [4.78, 5) is 10.4. The van der Waals surface area contributed by atoms with Crippen molar-refractivity contribution in [2.75, 3.05) is 6.54 Å². The Kier molecular flexibility index (Phi) is 3.44. The Morgan fingerprint density at radius 3 is 2.88 bits per heavy atom. The Labute approximate surface area is 99.9 Å². The lowest BCUT2D eigenvalue weighted by Gasteiger charge is -1.99. The van der Waals surface area contributed by atoms with Crippen LogP contribution >= 0.6 is 0 Å². The van der Waals surface area contributed by atoms with Gasteiger partial charge in [-0.2, -0.15) is 0 Å². The Hall–Kier alpha value is -1.81. The summed E-state index contributed by atoms with van der Waals surface area (Å²) in [7, 11) is 0. The van der Waals surface area contributed by atoms with Crippen molar-refractivity contribution in [3.05, 3.63) is 36.0 Å². The minimum absolute atomic E-state index is 0.00830. The minimum Gasteiger partial charge on any atom is -0.480 e. The Bertz CT molecular complexity index is 531. The van der Waals surface area contributed by atoms with Gasteiger partial charge in [0, 0.05) is 30.2 Å². The minimum atomic E-state index is -0.829. The summed E-state index contributed by atoms with van der Waals surface area (Å²) in [5.41, 5.74) is 2.34. The van der Waals surface area contributed by atoms with E-state index < -0.39 is 5.97 Å². The fourth-order valence-electron chi connectivity index (χ4n) is 2.03. The fourth-order valence-corrected chi connectivity index (χ4v) is 2.03. The first-order valence-corrected chi connectivity index (χ1v) is 5.71. The average molecular weight is 232 g/mol. The molecule has 0 aliphatic rings. The van der Waals surface area contributed by atoms with Crippen molar-refractivity contribution in [3.63, 3.8) is 0 Å². The van der Waals surface area contributed by atoms with Gasteiger partial charge >= 0.3 is 5.97 Å². The highest BCUT2D eigenvalue weighted by atomic mass is 16.4. The molecule has 90 valence electrons. The number of hydrogen-bond donors (Lipinski definition) is 2. The molecule has 4 heteroatoms. The number of nitrogens with one attached hydrogen (secondary N) is 1. The van der Waals surface area contributed by atoms with Crippen LogP contribution in [0.3, 0.4) is 0 Å². The number of nitrogens with zero attached hydrogens (tertiary/aromatic N) is 1. The maximum absolute atomic E-state index is 10.4. The quantitative estimate of drug-likeness (QED) is 0.827. The number of aromatic nitrogens is 1. The third kappa shape index (κ3) is 2.47. The van der Waals surface area contributed by atoms with Crippen LogP contribution in [0.4, 0.5) is 0 Å². The van der Waals surface area contributed by atoms with Gasteiger partial charge in [0.25, 0.3) is 0 Å². The Morgan fingerprint density at radius 1 is 1.41 bits per heavy atom. The van der Waals surface area contributed by atoms with Crippen molar-refractivity contribution in [2.45, 2.75) is 20.0 Å². The van der Waals surface area contributed by atoms with Crippen LogP contribution in [0.1, 0.15) is 12.5 Å². The third-order valence-corrected chi connectivity index (χ3v) is 2.80. The van der Waals surface area contributed by atoms with Crippen molar-refractivity contribution in [3.8, 4) is 0 Å². The van der Waals surface area contributed by atoms with Gasteiger partial charge < -0.3 is 15.0 Å². The van der Waals surface area contributed by atoms with E-state index in [9.17, 15) is 4.79 Å². The number of carboxylic acids is 1. The lowest BCUT2D eigenvalue weighted by molar-refractivity contribution is -0.135. The second-order valence-electron chi connectivity index (χ2n) is 3.95. The van der Waals surface area contributed by atoms with E-state index in [1.54, 1.807) is 0 Å². The maximum Gasteiger partial charge on any atom is 0.317 e. The maximum atomic E-state index is 10.4. The molecule has 0 bridgehead atoms. The molecule has 0 aliphatic carbocycles. The van der Waals surface area contributed by atoms with Crippen molar-refractivity contribution < 1.29 is 9.90 Å². The number of para-hydroxylation sites is 1. The molecular formula is C13H16N2O2. The SMILES string of the molecule is CCn1cc(CNCC(=O)O)c2ccccc21. The van der Waals surface area contributed by atoms with E-state index >= 15 is 0 Å². The van der Waals surface area contributed by atoms with Crippen molar-refractivity contribution >= 4 is 16.9 Å². The molecule has 0 fully saturated rings. The zero-order chi connectivity index (χ0) is 12.3. The number of benzene rings is 1. The second kappa shape index (κ2) is 5.01. The highest BCUT2D eigenvalue weighted by molar-refractivity contribution is 5.84. The molecule has 0 aliphatic heterocycles. The van der Waals surface area contributed by atoms with Crippen LogP contribution in [-0.4, -0.2) is 22.2 Å². The summed E-state index contributed by atoms with van der Waals surface area (Å²) in [5, 5.41) is 12.7. The van der Waals surface area contributed by atoms with Crippen molar-refractivity contribution in [2.24, 2.45) is 0 Å². The summed E-state index contributed by atoms with van der Waals surface area (Å²) in [6.45, 7) is 3.59. The smallest absolute Gasteiger partial charge is 0.317 e. The first-order chi connectivity index (χ1) is 8.22. The molecule has 0 radical (unpaired) electrons. The second-order valence-corrected chi connectivity index (χ2v) is 3.95. The topological polar surface area (TPSA) is 54.3 Å². The molecule has 2 aromatic rings. The number of aryl methyl sites for hydroxylation is 1. The predicted octanol–water partition coefficient (Wildman–Crippen LogP) is 1.84. The molecule has 1 heterocycles. The molecule has 0 unspecified atom stereocenters. The Morgan fingerprint density at radius 2 is 2.18 bits per heavy atom. The molecule has 17 heavy (non-hydrogen) atoms. The van der Waals surface area contributed by atoms with Crippen LogP contribution in [0.5, 0.6) is 0 Å². The molecule has 0 saturated heterocycles. The van der Waals surface area contributed by atoms with Crippen LogP contribution in [0.25, 0.3) is 10.9 Å². The zero-order valence-corrected chi connectivity index (χ0v) is 9.81. The van der Waals surface area contributed by atoms with Gasteiger partial charge in [0.2, 0.25) is 0 Å². The van der Waals surface area contributed by atoms with E-state index in [1.807, 2.05) is 12.1 Å². The first-order valence-electron chi connectivity index (χ1n) is 5.71. The van der Waals surface area contributed by atoms with Crippen LogP contribution in [0, 0.1) is 0 Å². The molecule has 1 aromatic heterocycles. The lowest BCUT2D eigenvalue weighted by atomic mass is 10.2. The monoisotopic (exact) mass is 232 g/mol. The molecule has 0 spiro atoms. The van der Waals surface area contributed by atoms with Crippen molar-refractivity contribution in [1.29, 1.82) is 0 Å². The van der Waals surface area contributed by atoms with E-state index in [2.05, 4.69) is 35.1 Å². The summed E-state index contributed by atoms with van der Waals surface area (Å²) < 4.78 is 2.17. The molecule has 0 atom stereocenters. The number of rotatable bonds is 5. The number of fused-ring (bicyclic) bond motifs is 1. The van der Waals surface area contributed by atoms with E-state index in [-0.39, 0.29) is 6.54 Å². The highest BCUT2D eigenvalue weighted by Gasteiger charge is 2.06. The van der Waals surface area contributed by atoms with Crippen LogP contribution in [-0.2, 0) is 17.9 Å². The standard InChI is InChI=1S/C13H16N2O2/c1-2-15-9-10(7-14-8-13(16)17)11-5-3-4-6-12(11)15/h3-6,9,14H,2,7-8H2,1H3,(H,16,17). The molecule has 1 aromatic carbocycles. The van der Waals surface area contributed by atoms with Gasteiger partial charge in [-0.15, -0.1) is 0 Å². The van der Waals surface area contributed by atoms with Gasteiger partial charge in [-0.05, 0) is 18.6 Å².